The average molecular weight is 427 g/mol. The molecule has 162 valence electrons. The van der Waals surface area contributed by atoms with Crippen LogP contribution in [0.1, 0.15) is 46.9 Å². The Hall–Kier alpha value is -3.86. The number of hydrogen-bond acceptors (Lipinski definition) is 3. The van der Waals surface area contributed by atoms with Crippen LogP contribution in [-0.2, 0) is 0 Å². The molecule has 3 N–H and O–H groups in total. The smallest absolute Gasteiger partial charge is 0.259 e. The van der Waals surface area contributed by atoms with Crippen LogP contribution < -0.4 is 10.6 Å². The van der Waals surface area contributed by atoms with Crippen LogP contribution in [0.3, 0.4) is 0 Å². The lowest BCUT2D eigenvalue weighted by Crippen LogP contribution is -2.24. The predicted molar refractivity (Wildman–Crippen MR) is 129 cm³/mol. The minimum absolute atomic E-state index is 0.105. The number of amides is 2. The summed E-state index contributed by atoms with van der Waals surface area (Å²) in [5.41, 5.74) is 1.36. The lowest BCUT2D eigenvalue weighted by molar-refractivity contribution is 0.0952. The largest absolute Gasteiger partial charge is 0.507 e. The van der Waals surface area contributed by atoms with Gasteiger partial charge in [-0.25, -0.2) is 0 Å². The number of hydrogen-bond donors (Lipinski definition) is 3. The SMILES string of the molecule is CCCCCNC(=O)c1ccc2cc(O)c(C(=O)Nc3cccc4ccccc34)cc2c1. The van der Waals surface area contributed by atoms with E-state index in [4.69, 9.17) is 0 Å². The molecule has 0 unspecified atom stereocenters. The van der Waals surface area contributed by atoms with Crippen molar-refractivity contribution in [3.8, 4) is 5.75 Å². The van der Waals surface area contributed by atoms with E-state index in [9.17, 15) is 14.7 Å². The van der Waals surface area contributed by atoms with Gasteiger partial charge in [0.05, 0.1) is 5.56 Å². The number of benzene rings is 4. The van der Waals surface area contributed by atoms with Crippen LogP contribution in [0.25, 0.3) is 21.5 Å². The molecule has 0 saturated heterocycles. The number of rotatable bonds is 7. The van der Waals surface area contributed by atoms with Crippen LogP contribution >= 0.6 is 0 Å². The Morgan fingerprint density at radius 2 is 1.62 bits per heavy atom. The van der Waals surface area contributed by atoms with Gasteiger partial charge in [-0.15, -0.1) is 0 Å². The summed E-state index contributed by atoms with van der Waals surface area (Å²) in [7, 11) is 0. The highest BCUT2D eigenvalue weighted by atomic mass is 16.3. The molecule has 4 aromatic rings. The highest BCUT2D eigenvalue weighted by molar-refractivity contribution is 6.12. The van der Waals surface area contributed by atoms with E-state index in [1.54, 1.807) is 30.3 Å². The minimum Gasteiger partial charge on any atom is -0.507 e. The Labute approximate surface area is 187 Å². The molecule has 0 atom stereocenters. The molecular weight excluding hydrogens is 400 g/mol. The highest BCUT2D eigenvalue weighted by Crippen LogP contribution is 2.28. The Kier molecular flexibility index (Phi) is 6.36. The summed E-state index contributed by atoms with van der Waals surface area (Å²) in [5.74, 6) is -0.653. The fourth-order valence-corrected chi connectivity index (χ4v) is 3.81. The number of aromatic hydroxyl groups is 1. The number of nitrogens with one attached hydrogen (secondary N) is 2. The maximum atomic E-state index is 13.0. The average Bonchev–Trinajstić information content (AvgIpc) is 2.81. The van der Waals surface area contributed by atoms with Gasteiger partial charge >= 0.3 is 0 Å². The first-order valence-corrected chi connectivity index (χ1v) is 10.9. The van der Waals surface area contributed by atoms with Gasteiger partial charge in [-0.05, 0) is 52.9 Å². The Balaban J connectivity index is 1.59. The Bertz CT molecular complexity index is 1290. The minimum atomic E-state index is -0.407. The lowest BCUT2D eigenvalue weighted by atomic mass is 10.0. The van der Waals surface area contributed by atoms with Crippen LogP contribution in [0.2, 0.25) is 0 Å². The number of phenolic OH excluding ortho intramolecular Hbond substituents is 1. The van der Waals surface area contributed by atoms with E-state index in [0.717, 1.165) is 35.4 Å². The van der Waals surface area contributed by atoms with E-state index < -0.39 is 5.91 Å². The fourth-order valence-electron chi connectivity index (χ4n) is 3.81. The van der Waals surface area contributed by atoms with E-state index in [0.29, 0.717) is 23.2 Å². The first-order chi connectivity index (χ1) is 15.6. The third-order valence-corrected chi connectivity index (χ3v) is 5.57. The molecule has 0 aliphatic rings. The van der Waals surface area contributed by atoms with Crippen molar-refractivity contribution in [2.75, 3.05) is 11.9 Å². The molecule has 0 bridgehead atoms. The molecule has 0 radical (unpaired) electrons. The van der Waals surface area contributed by atoms with Crippen molar-refractivity contribution >= 4 is 39.0 Å². The number of carbonyl (C=O) groups is 2. The van der Waals surface area contributed by atoms with Gasteiger partial charge in [0.2, 0.25) is 0 Å². The van der Waals surface area contributed by atoms with Gasteiger partial charge < -0.3 is 15.7 Å². The van der Waals surface area contributed by atoms with Crippen LogP contribution in [0, 0.1) is 0 Å². The van der Waals surface area contributed by atoms with Crippen LogP contribution in [0.4, 0.5) is 5.69 Å². The van der Waals surface area contributed by atoms with Crippen molar-refractivity contribution in [3.63, 3.8) is 0 Å². The van der Waals surface area contributed by atoms with E-state index >= 15 is 0 Å². The van der Waals surface area contributed by atoms with Crippen molar-refractivity contribution in [2.24, 2.45) is 0 Å². The van der Waals surface area contributed by atoms with Crippen LogP contribution in [0.15, 0.2) is 72.8 Å². The maximum absolute atomic E-state index is 13.0. The molecule has 0 spiro atoms. The second-order valence-electron chi connectivity index (χ2n) is 7.88. The summed E-state index contributed by atoms with van der Waals surface area (Å²) in [6.07, 6.45) is 3.12. The molecular formula is C27H26N2O3. The number of anilines is 1. The van der Waals surface area contributed by atoms with Gasteiger partial charge in [0.15, 0.2) is 0 Å². The van der Waals surface area contributed by atoms with E-state index in [2.05, 4.69) is 17.6 Å². The zero-order valence-corrected chi connectivity index (χ0v) is 18.0. The second kappa shape index (κ2) is 9.52. The van der Waals surface area contributed by atoms with Crippen LogP contribution in [-0.4, -0.2) is 23.5 Å². The third kappa shape index (κ3) is 4.57. The fraction of sp³-hybridized carbons (Fsp3) is 0.185. The van der Waals surface area contributed by atoms with E-state index in [1.807, 2.05) is 42.5 Å². The van der Waals surface area contributed by atoms with Gasteiger partial charge in [-0.1, -0.05) is 62.2 Å². The topological polar surface area (TPSA) is 78.4 Å². The van der Waals surface area contributed by atoms with Gasteiger partial charge in [-0.2, -0.15) is 0 Å². The van der Waals surface area contributed by atoms with E-state index in [1.165, 1.54) is 0 Å². The molecule has 0 heterocycles. The van der Waals surface area contributed by atoms with Crippen molar-refractivity contribution in [1.29, 1.82) is 0 Å². The van der Waals surface area contributed by atoms with Gasteiger partial charge in [0.25, 0.3) is 11.8 Å². The molecule has 0 fully saturated rings. The Morgan fingerprint density at radius 1 is 0.812 bits per heavy atom. The standard InChI is InChI=1S/C27H26N2O3/c1-2-3-6-14-28-26(31)20-13-12-19-17-25(30)23(16-21(19)15-20)27(32)29-24-11-7-9-18-8-4-5-10-22(18)24/h4-5,7-13,15-17,30H,2-3,6,14H2,1H3,(H,28,31)(H,29,32). The normalized spacial score (nSPS) is 10.9. The van der Waals surface area contributed by atoms with Gasteiger partial charge in [0.1, 0.15) is 5.75 Å². The molecule has 2 amide bonds. The third-order valence-electron chi connectivity index (χ3n) is 5.57. The van der Waals surface area contributed by atoms with Crippen molar-refractivity contribution < 1.29 is 14.7 Å². The van der Waals surface area contributed by atoms with Crippen molar-refractivity contribution in [2.45, 2.75) is 26.2 Å². The maximum Gasteiger partial charge on any atom is 0.259 e. The first-order valence-electron chi connectivity index (χ1n) is 10.9. The predicted octanol–water partition coefficient (Wildman–Crippen LogP) is 5.87. The number of carbonyl (C=O) groups excluding carboxylic acids is 2. The van der Waals surface area contributed by atoms with Gasteiger partial charge in [-0.3, -0.25) is 9.59 Å². The zero-order chi connectivity index (χ0) is 22.5. The monoisotopic (exact) mass is 426 g/mol. The zero-order valence-electron chi connectivity index (χ0n) is 18.0. The summed E-state index contributed by atoms with van der Waals surface area (Å²) in [6, 6.07) is 21.9. The number of unbranched alkanes of at least 4 members (excludes halogenated alkanes) is 2. The summed E-state index contributed by atoms with van der Waals surface area (Å²) in [5, 5.41) is 19.7. The molecule has 5 heteroatoms. The van der Waals surface area contributed by atoms with Crippen molar-refractivity contribution in [1.82, 2.24) is 5.32 Å². The van der Waals surface area contributed by atoms with Crippen LogP contribution in [0.5, 0.6) is 5.75 Å². The molecule has 0 aromatic heterocycles. The lowest BCUT2D eigenvalue weighted by Gasteiger charge is -2.11. The van der Waals surface area contributed by atoms with E-state index in [-0.39, 0.29) is 17.2 Å². The first kappa shape index (κ1) is 21.4. The summed E-state index contributed by atoms with van der Waals surface area (Å²) in [6.45, 7) is 2.76. The quantitative estimate of drug-likeness (QED) is 0.323. The molecule has 4 rings (SSSR count). The summed E-state index contributed by atoms with van der Waals surface area (Å²) < 4.78 is 0. The van der Waals surface area contributed by atoms with Crippen molar-refractivity contribution in [3.05, 3.63) is 83.9 Å². The second-order valence-corrected chi connectivity index (χ2v) is 7.88. The molecule has 0 saturated carbocycles. The molecule has 0 aliphatic heterocycles. The summed E-state index contributed by atoms with van der Waals surface area (Å²) >= 11 is 0. The Morgan fingerprint density at radius 3 is 2.47 bits per heavy atom. The molecule has 4 aromatic carbocycles. The summed E-state index contributed by atoms with van der Waals surface area (Å²) in [4.78, 5) is 25.5. The van der Waals surface area contributed by atoms with Gasteiger partial charge in [0, 0.05) is 23.2 Å². The number of fused-ring (bicyclic) bond motifs is 2. The highest BCUT2D eigenvalue weighted by Gasteiger charge is 2.15. The molecule has 0 aliphatic carbocycles. The molecule has 32 heavy (non-hydrogen) atoms. The molecule has 5 nitrogen and oxygen atoms in total. The number of phenols is 1.